The maximum absolute atomic E-state index is 11.8. The third-order valence-corrected chi connectivity index (χ3v) is 3.12. The van der Waals surface area contributed by atoms with E-state index in [0.29, 0.717) is 5.56 Å². The van der Waals surface area contributed by atoms with Crippen molar-refractivity contribution < 1.29 is 9.72 Å². The minimum atomic E-state index is -0.965. The molecule has 0 radical (unpaired) electrons. The molecule has 2 rings (SSSR count). The highest BCUT2D eigenvalue weighted by molar-refractivity contribution is 7.99. The predicted molar refractivity (Wildman–Crippen MR) is 64.6 cm³/mol. The normalized spacial score (nSPS) is 22.4. The van der Waals surface area contributed by atoms with Crippen molar-refractivity contribution in [1.29, 1.82) is 0 Å². The van der Waals surface area contributed by atoms with E-state index >= 15 is 0 Å². The van der Waals surface area contributed by atoms with Crippen molar-refractivity contribution in [3.63, 3.8) is 0 Å². The molecule has 88 valence electrons. The Bertz CT molecular complexity index is 463. The van der Waals surface area contributed by atoms with Gasteiger partial charge in [0.25, 0.3) is 11.9 Å². The number of amides is 1. The highest BCUT2D eigenvalue weighted by Crippen LogP contribution is 2.21. The van der Waals surface area contributed by atoms with Gasteiger partial charge < -0.3 is 5.32 Å². The number of benzene rings is 1. The Labute approximate surface area is 101 Å². The molecule has 0 aromatic heterocycles. The highest BCUT2D eigenvalue weighted by Gasteiger charge is 2.36. The lowest BCUT2D eigenvalue weighted by Gasteiger charge is -2.12. The Hall–Kier alpha value is -1.89. The largest absolute Gasteiger partial charge is 0.332 e. The summed E-state index contributed by atoms with van der Waals surface area (Å²) in [6, 6.07) is 7.60. The molecule has 1 aromatic rings. The monoisotopic (exact) mass is 251 g/mol. The summed E-state index contributed by atoms with van der Waals surface area (Å²) < 4.78 is 3.75. The Balaban J connectivity index is 2.03. The molecule has 0 bridgehead atoms. The third kappa shape index (κ3) is 2.62. The van der Waals surface area contributed by atoms with Gasteiger partial charge in [-0.15, -0.1) is 0 Å². The minimum Gasteiger partial charge on any atom is -0.332 e. The molecule has 1 aliphatic heterocycles. The van der Waals surface area contributed by atoms with Crippen molar-refractivity contribution in [2.75, 3.05) is 0 Å². The summed E-state index contributed by atoms with van der Waals surface area (Å²) in [5.74, 6) is -0.333. The van der Waals surface area contributed by atoms with E-state index in [4.69, 9.17) is 0 Å². The van der Waals surface area contributed by atoms with E-state index in [9.17, 15) is 14.9 Å². The second kappa shape index (κ2) is 4.96. The summed E-state index contributed by atoms with van der Waals surface area (Å²) in [6.07, 6.45) is 1.24. The van der Waals surface area contributed by atoms with Crippen LogP contribution in [0.4, 0.5) is 0 Å². The fraction of sp³-hybridized carbons (Fsp3) is 0.200. The van der Waals surface area contributed by atoms with Crippen molar-refractivity contribution >= 4 is 24.1 Å². The molecule has 1 heterocycles. The Morgan fingerprint density at radius 3 is 2.76 bits per heavy atom. The van der Waals surface area contributed by atoms with E-state index in [-0.39, 0.29) is 5.91 Å². The number of hydrogen-bond donors (Lipinski definition) is 1. The number of nitro groups is 1. The van der Waals surface area contributed by atoms with Crippen molar-refractivity contribution in [3.05, 3.63) is 46.0 Å². The van der Waals surface area contributed by atoms with E-state index in [1.807, 2.05) is 0 Å². The minimum absolute atomic E-state index is 0.333. The molecule has 1 amide bonds. The van der Waals surface area contributed by atoms with Crippen molar-refractivity contribution in [1.82, 2.24) is 5.32 Å². The fourth-order valence-electron chi connectivity index (χ4n) is 1.38. The Kier molecular flexibility index (Phi) is 3.38. The molecule has 0 saturated carbocycles. The van der Waals surface area contributed by atoms with Gasteiger partial charge in [0.1, 0.15) is 0 Å². The number of nitrogens with zero attached hydrogens (tertiary/aromatic N) is 2. The van der Waals surface area contributed by atoms with Crippen LogP contribution in [0.5, 0.6) is 0 Å². The first-order chi connectivity index (χ1) is 8.18. The molecule has 1 N–H and O–H groups in total. The van der Waals surface area contributed by atoms with Gasteiger partial charge in [0.15, 0.2) is 5.37 Å². The lowest BCUT2D eigenvalue weighted by atomic mass is 10.2. The summed E-state index contributed by atoms with van der Waals surface area (Å²) in [5, 5.41) is 12.6. The van der Waals surface area contributed by atoms with E-state index in [1.54, 1.807) is 30.3 Å². The number of carbonyl (C=O) groups is 1. The first-order valence-corrected chi connectivity index (χ1v) is 5.71. The highest BCUT2D eigenvalue weighted by atomic mass is 32.2. The molecule has 0 fully saturated rings. The number of nitrogens with one attached hydrogen (secondary N) is 1. The molecular weight excluding hydrogens is 242 g/mol. The molecule has 17 heavy (non-hydrogen) atoms. The van der Waals surface area contributed by atoms with E-state index in [2.05, 4.69) is 9.71 Å². The number of hydrogen-bond acceptors (Lipinski definition) is 5. The summed E-state index contributed by atoms with van der Waals surface area (Å²) >= 11 is 0.998. The molecule has 1 aliphatic rings. The average molecular weight is 251 g/mol. The smallest absolute Gasteiger partial charge is 0.279 e. The number of carbonyl (C=O) groups excluding carboxylic acids is 1. The topological polar surface area (TPSA) is 84.6 Å². The third-order valence-electron chi connectivity index (χ3n) is 2.25. The molecule has 0 spiro atoms. The first-order valence-electron chi connectivity index (χ1n) is 4.87. The van der Waals surface area contributed by atoms with Crippen molar-refractivity contribution in [2.24, 2.45) is 4.40 Å². The maximum Gasteiger partial charge on any atom is 0.279 e. The second-order valence-corrected chi connectivity index (χ2v) is 4.33. The van der Waals surface area contributed by atoms with Gasteiger partial charge in [-0.3, -0.25) is 14.9 Å². The van der Waals surface area contributed by atoms with E-state index in [0.717, 1.165) is 11.9 Å². The van der Waals surface area contributed by atoms with E-state index in [1.165, 1.54) is 6.21 Å². The molecule has 2 unspecified atom stereocenters. The van der Waals surface area contributed by atoms with Crippen LogP contribution in [0.3, 0.4) is 0 Å². The van der Waals surface area contributed by atoms with Crippen LogP contribution in [0.1, 0.15) is 10.4 Å². The van der Waals surface area contributed by atoms with Crippen molar-refractivity contribution in [3.8, 4) is 0 Å². The summed E-state index contributed by atoms with van der Waals surface area (Å²) in [7, 11) is 0. The van der Waals surface area contributed by atoms with Crippen LogP contribution in [0.2, 0.25) is 0 Å². The van der Waals surface area contributed by atoms with Crippen LogP contribution in [-0.4, -0.2) is 28.5 Å². The maximum atomic E-state index is 11.8. The van der Waals surface area contributed by atoms with Crippen LogP contribution >= 0.6 is 11.9 Å². The molecule has 2 atom stereocenters. The lowest BCUT2D eigenvalue weighted by Crippen LogP contribution is -2.43. The van der Waals surface area contributed by atoms with Gasteiger partial charge in [-0.2, -0.15) is 0 Å². The van der Waals surface area contributed by atoms with Gasteiger partial charge in [0.2, 0.25) is 0 Å². The van der Waals surface area contributed by atoms with Gasteiger partial charge in [-0.1, -0.05) is 18.2 Å². The van der Waals surface area contributed by atoms with Gasteiger partial charge in [-0.25, -0.2) is 4.40 Å². The van der Waals surface area contributed by atoms with Crippen LogP contribution in [-0.2, 0) is 0 Å². The molecule has 0 saturated heterocycles. The quantitative estimate of drug-likeness (QED) is 0.495. The summed E-state index contributed by atoms with van der Waals surface area (Å²) in [5.41, 5.74) is 0.474. The van der Waals surface area contributed by atoms with Crippen LogP contribution in [0.15, 0.2) is 34.7 Å². The van der Waals surface area contributed by atoms with Crippen molar-refractivity contribution in [2.45, 2.75) is 11.4 Å². The standard InChI is InChI=1S/C10H9N3O3S/c14-9(7-4-2-1-3-5-7)12-10-8(13(15)16)6-11-17-10/h1-6,8,10H,(H,12,14). The molecule has 0 aliphatic carbocycles. The summed E-state index contributed by atoms with van der Waals surface area (Å²) in [4.78, 5) is 22.0. The fourth-order valence-corrected chi connectivity index (χ4v) is 2.16. The van der Waals surface area contributed by atoms with Crippen LogP contribution < -0.4 is 5.32 Å². The zero-order valence-corrected chi connectivity index (χ0v) is 9.46. The SMILES string of the molecule is O=C(NC1SN=CC1[N+](=O)[O-])c1ccccc1. The molecule has 7 heteroatoms. The first kappa shape index (κ1) is 11.6. The molecular formula is C10H9N3O3S. The van der Waals surface area contributed by atoms with E-state index < -0.39 is 16.3 Å². The zero-order valence-electron chi connectivity index (χ0n) is 8.65. The van der Waals surface area contributed by atoms with Gasteiger partial charge in [-0.05, 0) is 12.1 Å². The summed E-state index contributed by atoms with van der Waals surface area (Å²) in [6.45, 7) is 0. The number of rotatable bonds is 3. The molecule has 1 aromatic carbocycles. The lowest BCUT2D eigenvalue weighted by molar-refractivity contribution is -0.500. The molecule has 6 nitrogen and oxygen atoms in total. The van der Waals surface area contributed by atoms with Gasteiger partial charge in [0, 0.05) is 22.4 Å². The van der Waals surface area contributed by atoms with Crippen LogP contribution in [0, 0.1) is 10.1 Å². The second-order valence-electron chi connectivity index (χ2n) is 3.40. The van der Waals surface area contributed by atoms with Gasteiger partial charge in [0.05, 0.1) is 6.21 Å². The average Bonchev–Trinajstić information content (AvgIpc) is 2.78. The van der Waals surface area contributed by atoms with Gasteiger partial charge >= 0.3 is 0 Å². The Morgan fingerprint density at radius 2 is 2.12 bits per heavy atom. The Morgan fingerprint density at radius 1 is 1.41 bits per heavy atom. The van der Waals surface area contributed by atoms with Crippen LogP contribution in [0.25, 0.3) is 0 Å². The zero-order chi connectivity index (χ0) is 12.3. The predicted octanol–water partition coefficient (Wildman–Crippen LogP) is 1.12.